The minimum atomic E-state index is -0.0400. The zero-order chi connectivity index (χ0) is 12.3. The summed E-state index contributed by atoms with van der Waals surface area (Å²) >= 11 is 10.5. The van der Waals surface area contributed by atoms with Gasteiger partial charge in [0.15, 0.2) is 6.61 Å². The lowest BCUT2D eigenvalue weighted by Gasteiger charge is -2.04. The summed E-state index contributed by atoms with van der Waals surface area (Å²) in [6, 6.07) is 8.77. The average Bonchev–Trinajstić information content (AvgIpc) is 2.74. The van der Waals surface area contributed by atoms with E-state index in [1.807, 2.05) is 11.4 Å². The Bertz CT molecular complexity index is 522. The van der Waals surface area contributed by atoms with Gasteiger partial charge in [-0.2, -0.15) is 0 Å². The third-order valence-electron chi connectivity index (χ3n) is 2.05. The molecule has 0 radical (unpaired) electrons. The van der Waals surface area contributed by atoms with Crippen molar-refractivity contribution in [2.45, 2.75) is 0 Å². The summed E-state index contributed by atoms with van der Waals surface area (Å²) in [5.41, 5.74) is 0. The van der Waals surface area contributed by atoms with E-state index in [0.29, 0.717) is 15.6 Å². The molecule has 0 fully saturated rings. The zero-order valence-corrected chi connectivity index (χ0v) is 11.8. The first kappa shape index (κ1) is 12.6. The van der Waals surface area contributed by atoms with Crippen LogP contribution in [0.4, 0.5) is 0 Å². The molecule has 1 aromatic carbocycles. The largest absolute Gasteiger partial charge is 0.485 e. The fourth-order valence-electron chi connectivity index (χ4n) is 1.24. The van der Waals surface area contributed by atoms with Crippen molar-refractivity contribution < 1.29 is 9.53 Å². The van der Waals surface area contributed by atoms with Gasteiger partial charge in [-0.15, -0.1) is 11.3 Å². The summed E-state index contributed by atoms with van der Waals surface area (Å²) in [4.78, 5) is 12.5. The molecule has 0 N–H and O–H groups in total. The smallest absolute Gasteiger partial charge is 0.211 e. The zero-order valence-electron chi connectivity index (χ0n) is 8.65. The van der Waals surface area contributed by atoms with Crippen molar-refractivity contribution >= 4 is 44.7 Å². The Labute approximate surface area is 116 Å². The fourth-order valence-corrected chi connectivity index (χ4v) is 2.88. The van der Waals surface area contributed by atoms with Crippen LogP contribution in [0.2, 0.25) is 5.02 Å². The number of halogens is 2. The van der Waals surface area contributed by atoms with E-state index < -0.39 is 0 Å². The lowest BCUT2D eigenvalue weighted by atomic mass is 10.3. The molecule has 0 saturated carbocycles. The van der Waals surface area contributed by atoms with Crippen molar-refractivity contribution in [1.82, 2.24) is 0 Å². The molecule has 0 spiro atoms. The van der Waals surface area contributed by atoms with Gasteiger partial charge < -0.3 is 4.74 Å². The SMILES string of the molecule is O=C(COc1ccc(Cl)cc1)c1sccc1Br. The number of hydrogen-bond donors (Lipinski definition) is 0. The van der Waals surface area contributed by atoms with Gasteiger partial charge in [0.05, 0.1) is 4.88 Å². The van der Waals surface area contributed by atoms with Crippen LogP contribution in [-0.2, 0) is 0 Å². The van der Waals surface area contributed by atoms with Gasteiger partial charge in [0.25, 0.3) is 0 Å². The molecule has 17 heavy (non-hydrogen) atoms. The number of ether oxygens (including phenoxy) is 1. The van der Waals surface area contributed by atoms with Gasteiger partial charge in [-0.3, -0.25) is 4.79 Å². The molecule has 0 aliphatic heterocycles. The van der Waals surface area contributed by atoms with E-state index in [0.717, 1.165) is 4.47 Å². The number of ketones is 1. The fraction of sp³-hybridized carbons (Fsp3) is 0.0833. The number of carbonyl (C=O) groups is 1. The lowest BCUT2D eigenvalue weighted by Crippen LogP contribution is -2.10. The molecule has 0 bridgehead atoms. The standard InChI is InChI=1S/C12H8BrClO2S/c13-10-5-6-17-12(10)11(15)7-16-9-3-1-8(14)2-4-9/h1-6H,7H2. The predicted octanol–water partition coefficient (Wildman–Crippen LogP) is 4.43. The van der Waals surface area contributed by atoms with Gasteiger partial charge in [-0.05, 0) is 51.6 Å². The highest BCUT2D eigenvalue weighted by molar-refractivity contribution is 9.10. The van der Waals surface area contributed by atoms with Crippen LogP contribution >= 0.6 is 38.9 Å². The van der Waals surface area contributed by atoms with Crippen molar-refractivity contribution in [2.24, 2.45) is 0 Å². The molecule has 0 unspecified atom stereocenters. The Balaban J connectivity index is 1.97. The quantitative estimate of drug-likeness (QED) is 0.775. The summed E-state index contributed by atoms with van der Waals surface area (Å²) < 4.78 is 6.19. The molecular weight excluding hydrogens is 324 g/mol. The summed E-state index contributed by atoms with van der Waals surface area (Å²) in [5.74, 6) is 0.595. The molecule has 2 aromatic rings. The van der Waals surface area contributed by atoms with Crippen LogP contribution in [0.15, 0.2) is 40.2 Å². The topological polar surface area (TPSA) is 26.3 Å². The third-order valence-corrected chi connectivity index (χ3v) is 4.18. The second-order valence-electron chi connectivity index (χ2n) is 3.26. The maximum Gasteiger partial charge on any atom is 0.211 e. The summed E-state index contributed by atoms with van der Waals surface area (Å²) in [6.45, 7) is 0.0285. The molecule has 0 aliphatic carbocycles. The number of Topliss-reactive ketones (excluding diaryl/α,β-unsaturated/α-hetero) is 1. The van der Waals surface area contributed by atoms with Gasteiger partial charge in [0.1, 0.15) is 5.75 Å². The Morgan fingerprint density at radius 1 is 1.29 bits per heavy atom. The van der Waals surface area contributed by atoms with Gasteiger partial charge in [-0.25, -0.2) is 0 Å². The van der Waals surface area contributed by atoms with Crippen LogP contribution in [0.3, 0.4) is 0 Å². The van der Waals surface area contributed by atoms with E-state index in [-0.39, 0.29) is 12.4 Å². The summed E-state index contributed by atoms with van der Waals surface area (Å²) in [6.07, 6.45) is 0. The van der Waals surface area contributed by atoms with Crippen LogP contribution in [0.1, 0.15) is 9.67 Å². The molecule has 2 nitrogen and oxygen atoms in total. The molecule has 1 heterocycles. The molecular formula is C12H8BrClO2S. The summed E-state index contributed by atoms with van der Waals surface area (Å²) in [5, 5.41) is 2.50. The predicted molar refractivity (Wildman–Crippen MR) is 73.3 cm³/mol. The Hall–Kier alpha value is -0.840. The number of hydrogen-bond acceptors (Lipinski definition) is 3. The van der Waals surface area contributed by atoms with Gasteiger partial charge in [-0.1, -0.05) is 11.6 Å². The first-order chi connectivity index (χ1) is 8.16. The Morgan fingerprint density at radius 3 is 2.59 bits per heavy atom. The van der Waals surface area contributed by atoms with Crippen molar-refractivity contribution in [3.63, 3.8) is 0 Å². The molecule has 0 saturated heterocycles. The third kappa shape index (κ3) is 3.31. The van der Waals surface area contributed by atoms with E-state index in [9.17, 15) is 4.79 Å². The highest BCUT2D eigenvalue weighted by atomic mass is 79.9. The molecule has 0 atom stereocenters. The summed E-state index contributed by atoms with van der Waals surface area (Å²) in [7, 11) is 0. The Morgan fingerprint density at radius 2 is 2.00 bits per heavy atom. The van der Waals surface area contributed by atoms with E-state index in [4.69, 9.17) is 16.3 Å². The first-order valence-electron chi connectivity index (χ1n) is 4.81. The second kappa shape index (κ2) is 5.67. The number of carbonyl (C=O) groups excluding carboxylic acids is 1. The maximum atomic E-state index is 11.8. The number of benzene rings is 1. The van der Waals surface area contributed by atoms with E-state index in [1.54, 1.807) is 24.3 Å². The lowest BCUT2D eigenvalue weighted by molar-refractivity contribution is 0.0925. The molecule has 2 rings (SSSR count). The van der Waals surface area contributed by atoms with E-state index in [1.165, 1.54) is 11.3 Å². The van der Waals surface area contributed by atoms with Crippen molar-refractivity contribution in [3.8, 4) is 5.75 Å². The van der Waals surface area contributed by atoms with Crippen LogP contribution in [0.5, 0.6) is 5.75 Å². The number of thiophene rings is 1. The minimum Gasteiger partial charge on any atom is -0.485 e. The molecule has 88 valence electrons. The van der Waals surface area contributed by atoms with E-state index in [2.05, 4.69) is 15.9 Å². The van der Waals surface area contributed by atoms with Crippen LogP contribution in [-0.4, -0.2) is 12.4 Å². The van der Waals surface area contributed by atoms with Crippen LogP contribution < -0.4 is 4.74 Å². The molecule has 0 aliphatic rings. The van der Waals surface area contributed by atoms with Gasteiger partial charge in [0.2, 0.25) is 5.78 Å². The highest BCUT2D eigenvalue weighted by Crippen LogP contribution is 2.23. The van der Waals surface area contributed by atoms with Crippen LogP contribution in [0, 0.1) is 0 Å². The molecule has 0 amide bonds. The van der Waals surface area contributed by atoms with E-state index >= 15 is 0 Å². The van der Waals surface area contributed by atoms with Gasteiger partial charge in [0, 0.05) is 9.50 Å². The van der Waals surface area contributed by atoms with Crippen molar-refractivity contribution in [1.29, 1.82) is 0 Å². The Kier molecular flexibility index (Phi) is 4.20. The maximum absolute atomic E-state index is 11.8. The van der Waals surface area contributed by atoms with Crippen LogP contribution in [0.25, 0.3) is 0 Å². The normalized spacial score (nSPS) is 10.2. The first-order valence-corrected chi connectivity index (χ1v) is 6.86. The van der Waals surface area contributed by atoms with Gasteiger partial charge >= 0.3 is 0 Å². The van der Waals surface area contributed by atoms with Crippen molar-refractivity contribution in [3.05, 3.63) is 50.1 Å². The minimum absolute atomic E-state index is 0.0285. The average molecular weight is 332 g/mol. The molecule has 1 aromatic heterocycles. The highest BCUT2D eigenvalue weighted by Gasteiger charge is 2.12. The molecule has 5 heteroatoms. The second-order valence-corrected chi connectivity index (χ2v) is 5.47. The number of rotatable bonds is 4. The monoisotopic (exact) mass is 330 g/mol. The van der Waals surface area contributed by atoms with Crippen molar-refractivity contribution in [2.75, 3.05) is 6.61 Å².